The lowest BCUT2D eigenvalue weighted by Crippen LogP contribution is -2.21. The zero-order chi connectivity index (χ0) is 25.8. The smallest absolute Gasteiger partial charge is 0.213 e. The third kappa shape index (κ3) is 7.14. The summed E-state index contributed by atoms with van der Waals surface area (Å²) in [5.74, 6) is 0. The molecule has 1 heterocycles. The van der Waals surface area contributed by atoms with Gasteiger partial charge in [-0.2, -0.15) is 0 Å². The summed E-state index contributed by atoms with van der Waals surface area (Å²) in [6.45, 7) is -0.472. The highest BCUT2D eigenvalue weighted by molar-refractivity contribution is 7.78. The first-order valence-electron chi connectivity index (χ1n) is 10.9. The van der Waals surface area contributed by atoms with Crippen LogP contribution in [0.5, 0.6) is 0 Å². The van der Waals surface area contributed by atoms with E-state index in [1.54, 1.807) is 0 Å². The quantitative estimate of drug-likeness (QED) is 0.193. The Morgan fingerprint density at radius 3 is 1.39 bits per heavy atom. The molecule has 36 heavy (non-hydrogen) atoms. The van der Waals surface area contributed by atoms with E-state index in [-0.39, 0.29) is 13.2 Å². The number of halogens is 6. The molecule has 1 aliphatic rings. The number of benzene rings is 3. The van der Waals surface area contributed by atoms with Crippen molar-refractivity contribution >= 4 is 93.1 Å². The number of alkyl halides is 6. The van der Waals surface area contributed by atoms with Crippen LogP contribution >= 0.6 is 76.9 Å². The summed E-state index contributed by atoms with van der Waals surface area (Å²) in [6, 6.07) is 29.6. The third-order valence-corrected chi connectivity index (χ3v) is 8.97. The standard InChI is InChI=1S/C27H21Cl6O2P/c28-26(29,30)18-34-36(35-19-27(31,32)33)24(21-12-6-2-7-13-21)16-23(20-10-4-1-5-11-20)17-25(36)22-14-8-3-9-15-22/h1-17H,18-19H2. The average molecular weight is 621 g/mol. The molecule has 3 aromatic rings. The van der Waals surface area contributed by atoms with Crippen LogP contribution in [0.3, 0.4) is 0 Å². The summed E-state index contributed by atoms with van der Waals surface area (Å²) in [5.41, 5.74) is 3.77. The van der Waals surface area contributed by atoms with Gasteiger partial charge in [0.05, 0.1) is 0 Å². The minimum Gasteiger partial charge on any atom is -0.329 e. The maximum Gasteiger partial charge on any atom is 0.213 e. The van der Waals surface area contributed by atoms with E-state index in [2.05, 4.69) is 0 Å². The third-order valence-electron chi connectivity index (χ3n) is 5.29. The Morgan fingerprint density at radius 1 is 0.528 bits per heavy atom. The zero-order valence-electron chi connectivity index (χ0n) is 18.8. The van der Waals surface area contributed by atoms with Gasteiger partial charge in [-0.05, 0) is 34.4 Å². The maximum atomic E-state index is 6.52. The van der Waals surface area contributed by atoms with Gasteiger partial charge < -0.3 is 9.05 Å². The summed E-state index contributed by atoms with van der Waals surface area (Å²) in [7, 11) is -3.21. The van der Waals surface area contributed by atoms with Gasteiger partial charge in [0.15, 0.2) is 7.34 Å². The lowest BCUT2D eigenvalue weighted by atomic mass is 10.0. The van der Waals surface area contributed by atoms with Crippen molar-refractivity contribution in [3.8, 4) is 0 Å². The minimum absolute atomic E-state index is 0.236. The molecule has 0 radical (unpaired) electrons. The predicted octanol–water partition coefficient (Wildman–Crippen LogP) is 9.97. The normalized spacial score (nSPS) is 15.9. The van der Waals surface area contributed by atoms with Gasteiger partial charge in [0, 0.05) is 10.6 Å². The molecule has 0 saturated heterocycles. The van der Waals surface area contributed by atoms with Crippen molar-refractivity contribution in [2.24, 2.45) is 0 Å². The molecule has 188 valence electrons. The van der Waals surface area contributed by atoms with Gasteiger partial charge in [-0.1, -0.05) is 161 Å². The van der Waals surface area contributed by atoms with Crippen molar-refractivity contribution in [2.45, 2.75) is 7.59 Å². The molecule has 0 unspecified atom stereocenters. The fourth-order valence-corrected chi connectivity index (χ4v) is 7.82. The Balaban J connectivity index is 2.07. The van der Waals surface area contributed by atoms with E-state index in [1.807, 2.05) is 103 Å². The number of rotatable bonds is 7. The summed E-state index contributed by atoms with van der Waals surface area (Å²) in [5, 5.41) is 1.57. The van der Waals surface area contributed by atoms with Crippen LogP contribution in [0.25, 0.3) is 10.9 Å². The van der Waals surface area contributed by atoms with Crippen LogP contribution in [-0.4, -0.2) is 26.1 Å². The molecule has 0 bridgehead atoms. The van der Waals surface area contributed by atoms with Crippen LogP contribution in [0.4, 0.5) is 0 Å². The topological polar surface area (TPSA) is 18.5 Å². The molecular weight excluding hydrogens is 600 g/mol. The second-order valence-electron chi connectivity index (χ2n) is 7.94. The van der Waals surface area contributed by atoms with Crippen molar-refractivity contribution in [1.82, 2.24) is 0 Å². The van der Waals surface area contributed by atoms with E-state index in [0.29, 0.717) is 0 Å². The van der Waals surface area contributed by atoms with Crippen LogP contribution in [0, 0.1) is 0 Å². The Morgan fingerprint density at radius 2 is 0.944 bits per heavy atom. The van der Waals surface area contributed by atoms with E-state index >= 15 is 0 Å². The zero-order valence-corrected chi connectivity index (χ0v) is 24.2. The van der Waals surface area contributed by atoms with E-state index in [9.17, 15) is 0 Å². The molecule has 2 nitrogen and oxygen atoms in total. The van der Waals surface area contributed by atoms with Crippen molar-refractivity contribution in [3.05, 3.63) is 120 Å². The summed E-state index contributed by atoms with van der Waals surface area (Å²) >= 11 is 37.0. The van der Waals surface area contributed by atoms with Crippen LogP contribution < -0.4 is 0 Å². The lowest BCUT2D eigenvalue weighted by Gasteiger charge is -2.36. The van der Waals surface area contributed by atoms with E-state index in [4.69, 9.17) is 78.7 Å². The van der Waals surface area contributed by atoms with Crippen LogP contribution in [0.15, 0.2) is 103 Å². The van der Waals surface area contributed by atoms with Gasteiger partial charge in [-0.3, -0.25) is 0 Å². The Bertz CT molecular complexity index is 1270. The molecule has 3 aromatic carbocycles. The molecule has 0 N–H and O–H groups in total. The first-order chi connectivity index (χ1) is 17.1. The first kappa shape index (κ1) is 28.1. The van der Waals surface area contributed by atoms with E-state index in [1.165, 1.54) is 0 Å². The van der Waals surface area contributed by atoms with Gasteiger partial charge in [-0.25, -0.2) is 0 Å². The van der Waals surface area contributed by atoms with Crippen LogP contribution in [0.2, 0.25) is 0 Å². The number of hydrogen-bond acceptors (Lipinski definition) is 2. The Hall–Kier alpha value is -0.900. The second-order valence-corrected chi connectivity index (χ2v) is 15.6. The van der Waals surface area contributed by atoms with Gasteiger partial charge in [0.1, 0.15) is 13.2 Å². The molecule has 0 amide bonds. The lowest BCUT2D eigenvalue weighted by molar-refractivity contribution is 0.260. The minimum atomic E-state index is -3.21. The highest BCUT2D eigenvalue weighted by Crippen LogP contribution is 2.67. The fraction of sp³-hybridized carbons (Fsp3) is 0.148. The molecule has 0 atom stereocenters. The van der Waals surface area contributed by atoms with Crippen molar-refractivity contribution < 1.29 is 9.05 Å². The predicted molar refractivity (Wildman–Crippen MR) is 159 cm³/mol. The van der Waals surface area contributed by atoms with Gasteiger partial charge >= 0.3 is 0 Å². The van der Waals surface area contributed by atoms with Crippen molar-refractivity contribution in [2.75, 3.05) is 13.2 Å². The molecule has 0 aliphatic carbocycles. The summed E-state index contributed by atoms with van der Waals surface area (Å²) in [4.78, 5) is 0. The van der Waals surface area contributed by atoms with Gasteiger partial charge in [0.25, 0.3) is 0 Å². The molecule has 0 saturated carbocycles. The molecular formula is C27H21Cl6O2P. The van der Waals surface area contributed by atoms with Gasteiger partial charge in [-0.15, -0.1) is 0 Å². The summed E-state index contributed by atoms with van der Waals surface area (Å²) in [6.07, 6.45) is 4.09. The van der Waals surface area contributed by atoms with E-state index < -0.39 is 14.9 Å². The summed E-state index contributed by atoms with van der Waals surface area (Å²) < 4.78 is 9.65. The maximum absolute atomic E-state index is 6.52. The van der Waals surface area contributed by atoms with Crippen molar-refractivity contribution in [1.29, 1.82) is 0 Å². The fourth-order valence-electron chi connectivity index (χ4n) is 3.80. The van der Waals surface area contributed by atoms with Gasteiger partial charge in [0.2, 0.25) is 7.59 Å². The first-order valence-corrected chi connectivity index (χ1v) is 14.8. The second kappa shape index (κ2) is 11.9. The molecule has 0 aromatic heterocycles. The van der Waals surface area contributed by atoms with E-state index in [0.717, 1.165) is 32.9 Å². The monoisotopic (exact) mass is 618 g/mol. The number of hydrogen-bond donors (Lipinski definition) is 0. The molecule has 0 fully saturated rings. The van der Waals surface area contributed by atoms with Crippen LogP contribution in [0.1, 0.15) is 16.7 Å². The highest BCUT2D eigenvalue weighted by Gasteiger charge is 2.39. The van der Waals surface area contributed by atoms with Crippen LogP contribution in [-0.2, 0) is 9.05 Å². The largest absolute Gasteiger partial charge is 0.329 e. The molecule has 9 heteroatoms. The Labute approximate surface area is 241 Å². The van der Waals surface area contributed by atoms with Crippen molar-refractivity contribution in [3.63, 3.8) is 0 Å². The molecule has 0 spiro atoms. The number of allylic oxidation sites excluding steroid dienone is 3. The average Bonchev–Trinajstić information content (AvgIpc) is 2.87. The molecule has 1 aliphatic heterocycles. The SMILES string of the molecule is ClC(Cl)(Cl)COP1(OCC(Cl)(Cl)Cl)=C(c2ccccc2)C=C(c2ccccc2)C=C1c1ccccc1. The highest BCUT2D eigenvalue weighted by atomic mass is 35.6. The Kier molecular flexibility index (Phi) is 9.27. The molecule has 4 rings (SSSR count).